The van der Waals surface area contributed by atoms with Crippen LogP contribution in [-0.4, -0.2) is 16.5 Å². The number of nitro groups is 1. The Hall–Kier alpha value is -2.16. The van der Waals surface area contributed by atoms with Crippen molar-refractivity contribution in [2.45, 2.75) is 40.5 Å². The summed E-state index contributed by atoms with van der Waals surface area (Å²) in [5.74, 6) is 0.678. The minimum Gasteiger partial charge on any atom is -0.364 e. The summed E-state index contributed by atoms with van der Waals surface area (Å²) >= 11 is 0. The molecule has 0 radical (unpaired) electrons. The highest BCUT2D eigenvalue weighted by Gasteiger charge is 2.21. The minimum atomic E-state index is -0.563. The molecule has 0 aliphatic carbocycles. The van der Waals surface area contributed by atoms with Crippen LogP contribution >= 0.6 is 0 Å². The van der Waals surface area contributed by atoms with Crippen LogP contribution in [-0.2, 0) is 0 Å². The van der Waals surface area contributed by atoms with E-state index in [2.05, 4.69) is 38.0 Å². The van der Waals surface area contributed by atoms with Gasteiger partial charge in [-0.3, -0.25) is 10.1 Å². The molecular formula is C15H22N4O2. The van der Waals surface area contributed by atoms with Gasteiger partial charge in [0.25, 0.3) is 0 Å². The quantitative estimate of drug-likeness (QED) is 0.636. The monoisotopic (exact) mass is 290 g/mol. The van der Waals surface area contributed by atoms with Crippen LogP contribution in [0.2, 0.25) is 0 Å². The maximum absolute atomic E-state index is 11.1. The molecular weight excluding hydrogens is 268 g/mol. The number of anilines is 1. The van der Waals surface area contributed by atoms with Crippen LogP contribution in [0.15, 0.2) is 12.3 Å². The summed E-state index contributed by atoms with van der Waals surface area (Å²) in [4.78, 5) is 14.5. The molecule has 6 heteroatoms. The summed E-state index contributed by atoms with van der Waals surface area (Å²) in [6.07, 6.45) is 3.39. The molecule has 114 valence electrons. The van der Waals surface area contributed by atoms with Crippen LogP contribution in [0.25, 0.3) is 0 Å². The average molecular weight is 290 g/mol. The van der Waals surface area contributed by atoms with Gasteiger partial charge in [-0.25, -0.2) is 4.98 Å². The number of pyridine rings is 1. The number of rotatable bonds is 6. The summed E-state index contributed by atoms with van der Waals surface area (Å²) in [5.41, 5.74) is 0.0495. The maximum atomic E-state index is 11.1. The largest absolute Gasteiger partial charge is 0.364 e. The van der Waals surface area contributed by atoms with Gasteiger partial charge in [-0.1, -0.05) is 27.7 Å². The number of nitriles is 1. The van der Waals surface area contributed by atoms with Crippen LogP contribution in [0, 0.1) is 32.8 Å². The molecule has 1 aromatic rings. The van der Waals surface area contributed by atoms with Crippen molar-refractivity contribution in [2.75, 3.05) is 11.9 Å². The number of aromatic nitrogens is 1. The lowest BCUT2D eigenvalue weighted by atomic mass is 9.84. The van der Waals surface area contributed by atoms with Crippen molar-refractivity contribution >= 4 is 11.5 Å². The third-order valence-electron chi connectivity index (χ3n) is 3.12. The Labute approximate surface area is 125 Å². The number of hydrogen-bond donors (Lipinski definition) is 1. The van der Waals surface area contributed by atoms with Crippen molar-refractivity contribution in [3.63, 3.8) is 0 Å². The Morgan fingerprint density at radius 3 is 2.71 bits per heavy atom. The van der Waals surface area contributed by atoms with Gasteiger partial charge in [0.2, 0.25) is 5.82 Å². The maximum Gasteiger partial charge on any atom is 0.328 e. The van der Waals surface area contributed by atoms with Gasteiger partial charge in [-0.15, -0.1) is 0 Å². The third-order valence-corrected chi connectivity index (χ3v) is 3.12. The molecule has 1 N–H and O–H groups in total. The highest BCUT2D eigenvalue weighted by molar-refractivity contribution is 5.63. The standard InChI is InChI=1S/C15H22N4O2/c1-11(9-15(2,3)4)5-7-17-14-13(19(20)21)12(10-16)6-8-18-14/h6,8,11H,5,7,9H2,1-4H3,(H,17,18). The van der Waals surface area contributed by atoms with Gasteiger partial charge in [0.1, 0.15) is 11.6 Å². The molecule has 0 saturated heterocycles. The summed E-state index contributed by atoms with van der Waals surface area (Å²) in [5, 5.41) is 23.0. The van der Waals surface area contributed by atoms with Gasteiger partial charge in [-0.2, -0.15) is 5.26 Å². The van der Waals surface area contributed by atoms with Gasteiger partial charge in [0.05, 0.1) is 4.92 Å². The highest BCUT2D eigenvalue weighted by Crippen LogP contribution is 2.28. The molecule has 0 amide bonds. The molecule has 21 heavy (non-hydrogen) atoms. The van der Waals surface area contributed by atoms with Crippen molar-refractivity contribution in [1.29, 1.82) is 5.26 Å². The SMILES string of the molecule is CC(CCNc1nccc(C#N)c1[N+](=O)[O-])CC(C)(C)C. The topological polar surface area (TPSA) is 91.8 Å². The Kier molecular flexibility index (Phi) is 5.65. The molecule has 1 unspecified atom stereocenters. The number of nitrogens with zero attached hydrogens (tertiary/aromatic N) is 3. The van der Waals surface area contributed by atoms with E-state index in [-0.39, 0.29) is 22.5 Å². The predicted octanol–water partition coefficient (Wildman–Crippen LogP) is 3.74. The fourth-order valence-electron chi connectivity index (χ4n) is 2.44. The van der Waals surface area contributed by atoms with Gasteiger partial charge in [0, 0.05) is 12.7 Å². The van der Waals surface area contributed by atoms with E-state index in [4.69, 9.17) is 5.26 Å². The van der Waals surface area contributed by atoms with E-state index in [1.807, 2.05) is 6.07 Å². The van der Waals surface area contributed by atoms with Crippen molar-refractivity contribution in [3.8, 4) is 6.07 Å². The lowest BCUT2D eigenvalue weighted by Crippen LogP contribution is -2.15. The molecule has 0 aromatic carbocycles. The second kappa shape index (κ2) is 7.02. The molecule has 1 atom stereocenters. The van der Waals surface area contributed by atoms with E-state index in [1.165, 1.54) is 12.3 Å². The Bertz CT molecular complexity index is 544. The molecule has 1 aromatic heterocycles. The first-order chi connectivity index (χ1) is 9.74. The first kappa shape index (κ1) is 16.9. The van der Waals surface area contributed by atoms with Crippen LogP contribution in [0.5, 0.6) is 0 Å². The smallest absolute Gasteiger partial charge is 0.328 e. The molecule has 1 rings (SSSR count). The zero-order chi connectivity index (χ0) is 16.0. The summed E-state index contributed by atoms with van der Waals surface area (Å²) in [7, 11) is 0. The van der Waals surface area contributed by atoms with E-state index >= 15 is 0 Å². The molecule has 6 nitrogen and oxygen atoms in total. The number of nitrogens with one attached hydrogen (secondary N) is 1. The van der Waals surface area contributed by atoms with Crippen molar-refractivity contribution in [3.05, 3.63) is 27.9 Å². The fourth-order valence-corrected chi connectivity index (χ4v) is 2.44. The number of hydrogen-bond acceptors (Lipinski definition) is 5. The summed E-state index contributed by atoms with van der Waals surface area (Å²) in [6.45, 7) is 9.35. The van der Waals surface area contributed by atoms with Gasteiger partial charge < -0.3 is 5.32 Å². The lowest BCUT2D eigenvalue weighted by Gasteiger charge is -2.23. The second-order valence-electron chi connectivity index (χ2n) is 6.51. The first-order valence-electron chi connectivity index (χ1n) is 7.02. The van der Waals surface area contributed by atoms with Gasteiger partial charge in [-0.05, 0) is 30.2 Å². The van der Waals surface area contributed by atoms with E-state index in [0.29, 0.717) is 12.5 Å². The lowest BCUT2D eigenvalue weighted by molar-refractivity contribution is -0.384. The van der Waals surface area contributed by atoms with E-state index in [0.717, 1.165) is 12.8 Å². The van der Waals surface area contributed by atoms with E-state index in [1.54, 1.807) is 0 Å². The zero-order valence-corrected chi connectivity index (χ0v) is 13.0. The molecule has 1 heterocycles. The van der Waals surface area contributed by atoms with Gasteiger partial charge >= 0.3 is 5.69 Å². The van der Waals surface area contributed by atoms with Crippen LogP contribution in [0.1, 0.15) is 46.1 Å². The molecule has 0 saturated carbocycles. The molecule has 0 aliphatic rings. The Morgan fingerprint density at radius 2 is 2.19 bits per heavy atom. The first-order valence-corrected chi connectivity index (χ1v) is 7.02. The summed E-state index contributed by atoms with van der Waals surface area (Å²) < 4.78 is 0. The molecule has 0 spiro atoms. The van der Waals surface area contributed by atoms with Crippen LogP contribution in [0.3, 0.4) is 0 Å². The minimum absolute atomic E-state index is 0.0280. The van der Waals surface area contributed by atoms with Crippen molar-refractivity contribution < 1.29 is 4.92 Å². The van der Waals surface area contributed by atoms with E-state index < -0.39 is 4.92 Å². The zero-order valence-electron chi connectivity index (χ0n) is 13.0. The van der Waals surface area contributed by atoms with Gasteiger partial charge in [0.15, 0.2) is 0 Å². The Balaban J connectivity index is 2.69. The Morgan fingerprint density at radius 1 is 1.52 bits per heavy atom. The average Bonchev–Trinajstić information content (AvgIpc) is 2.35. The second-order valence-corrected chi connectivity index (χ2v) is 6.51. The molecule has 0 fully saturated rings. The van der Waals surface area contributed by atoms with Crippen LogP contribution < -0.4 is 5.32 Å². The molecule has 0 aliphatic heterocycles. The van der Waals surface area contributed by atoms with E-state index in [9.17, 15) is 10.1 Å². The van der Waals surface area contributed by atoms with Crippen molar-refractivity contribution in [1.82, 2.24) is 4.98 Å². The fraction of sp³-hybridized carbons (Fsp3) is 0.600. The predicted molar refractivity (Wildman–Crippen MR) is 81.9 cm³/mol. The highest BCUT2D eigenvalue weighted by atomic mass is 16.6. The summed E-state index contributed by atoms with van der Waals surface area (Å²) in [6, 6.07) is 3.18. The molecule has 0 bridgehead atoms. The third kappa shape index (κ3) is 5.38. The normalized spacial score (nSPS) is 12.5. The van der Waals surface area contributed by atoms with Crippen LogP contribution in [0.4, 0.5) is 11.5 Å². The van der Waals surface area contributed by atoms with Crippen molar-refractivity contribution in [2.24, 2.45) is 11.3 Å².